The number of benzene rings is 1. The van der Waals surface area contributed by atoms with Crippen LogP contribution in [0.25, 0.3) is 0 Å². The number of fused-ring (bicyclic) bond motifs is 1. The van der Waals surface area contributed by atoms with Crippen LogP contribution in [0.1, 0.15) is 12.0 Å². The molecule has 4 rings (SSSR count). The van der Waals surface area contributed by atoms with Crippen LogP contribution in [0.3, 0.4) is 0 Å². The van der Waals surface area contributed by atoms with Gasteiger partial charge in [-0.1, -0.05) is 28.7 Å². The Kier molecular flexibility index (Phi) is 4.75. The van der Waals surface area contributed by atoms with Crippen molar-refractivity contribution in [1.29, 1.82) is 0 Å². The SMILES string of the molecule is CN1CCN(C(=O)N2CCC3C(C#Cc4cccc(Cl)c4)=NOC32)CC1. The molecule has 0 saturated carbocycles. The molecule has 2 fully saturated rings. The molecule has 0 N–H and O–H groups in total. The molecular weight excluding hydrogens is 352 g/mol. The number of nitrogens with zero attached hydrogens (tertiary/aromatic N) is 4. The Hall–Kier alpha value is -2.23. The topological polar surface area (TPSA) is 48.4 Å². The van der Waals surface area contributed by atoms with Gasteiger partial charge in [-0.2, -0.15) is 0 Å². The van der Waals surface area contributed by atoms with E-state index in [1.165, 1.54) is 0 Å². The third-order valence-corrected chi connectivity index (χ3v) is 5.36. The van der Waals surface area contributed by atoms with E-state index >= 15 is 0 Å². The number of oxime groups is 1. The lowest BCUT2D eigenvalue weighted by Gasteiger charge is -2.35. The van der Waals surface area contributed by atoms with Gasteiger partial charge in [0.2, 0.25) is 6.23 Å². The fourth-order valence-electron chi connectivity index (χ4n) is 3.55. The Morgan fingerprint density at radius 2 is 2.04 bits per heavy atom. The Morgan fingerprint density at radius 3 is 2.81 bits per heavy atom. The quantitative estimate of drug-likeness (QED) is 0.655. The van der Waals surface area contributed by atoms with E-state index in [1.807, 2.05) is 29.2 Å². The molecule has 136 valence electrons. The van der Waals surface area contributed by atoms with Gasteiger partial charge in [0.15, 0.2) is 0 Å². The highest BCUT2D eigenvalue weighted by atomic mass is 35.5. The van der Waals surface area contributed by atoms with Gasteiger partial charge in [-0.05, 0) is 37.6 Å². The number of likely N-dealkylation sites (N-methyl/N-ethyl adjacent to an activating group) is 1. The minimum Gasteiger partial charge on any atom is -0.369 e. The van der Waals surface area contributed by atoms with Crippen molar-refractivity contribution in [1.82, 2.24) is 14.7 Å². The molecule has 3 aliphatic heterocycles. The maximum atomic E-state index is 12.8. The number of carbonyl (C=O) groups is 1. The van der Waals surface area contributed by atoms with Crippen LogP contribution in [0, 0.1) is 17.8 Å². The van der Waals surface area contributed by atoms with Gasteiger partial charge in [0, 0.05) is 43.3 Å². The maximum Gasteiger partial charge on any atom is 0.323 e. The lowest BCUT2D eigenvalue weighted by Crippen LogP contribution is -2.53. The van der Waals surface area contributed by atoms with Crippen LogP contribution < -0.4 is 0 Å². The molecule has 0 bridgehead atoms. The van der Waals surface area contributed by atoms with E-state index in [-0.39, 0.29) is 18.2 Å². The normalized spacial score (nSPS) is 25.2. The highest BCUT2D eigenvalue weighted by molar-refractivity contribution is 6.30. The summed E-state index contributed by atoms with van der Waals surface area (Å²) in [5.41, 5.74) is 1.55. The second-order valence-electron chi connectivity index (χ2n) is 6.89. The number of piperazine rings is 1. The van der Waals surface area contributed by atoms with Crippen LogP contribution in [0.2, 0.25) is 5.02 Å². The van der Waals surface area contributed by atoms with E-state index in [9.17, 15) is 4.79 Å². The second kappa shape index (κ2) is 7.18. The number of urea groups is 1. The first kappa shape index (κ1) is 17.2. The van der Waals surface area contributed by atoms with Gasteiger partial charge in [0.25, 0.3) is 0 Å². The molecule has 2 saturated heterocycles. The molecule has 26 heavy (non-hydrogen) atoms. The molecule has 0 aromatic heterocycles. The van der Waals surface area contributed by atoms with Gasteiger partial charge in [-0.15, -0.1) is 0 Å². The van der Waals surface area contributed by atoms with Crippen molar-refractivity contribution in [2.45, 2.75) is 12.6 Å². The molecule has 2 atom stereocenters. The van der Waals surface area contributed by atoms with Crippen molar-refractivity contribution in [3.8, 4) is 11.8 Å². The summed E-state index contributed by atoms with van der Waals surface area (Å²) in [6, 6.07) is 7.46. The first-order valence-corrected chi connectivity index (χ1v) is 9.25. The predicted octanol–water partition coefficient (Wildman–Crippen LogP) is 2.09. The standard InChI is InChI=1S/C19H21ClN4O2/c1-22-9-11-23(12-10-22)19(25)24-8-7-16-17(21-26-18(16)24)6-5-14-3-2-4-15(20)13-14/h2-4,13,16,18H,7-12H2,1H3. The van der Waals surface area contributed by atoms with Crippen molar-refractivity contribution in [3.05, 3.63) is 34.9 Å². The summed E-state index contributed by atoms with van der Waals surface area (Å²) in [4.78, 5) is 24.3. The van der Waals surface area contributed by atoms with Crippen LogP contribution >= 0.6 is 11.6 Å². The lowest BCUT2D eigenvalue weighted by atomic mass is 10.0. The number of hydrogen-bond donors (Lipinski definition) is 0. The predicted molar refractivity (Wildman–Crippen MR) is 99.9 cm³/mol. The van der Waals surface area contributed by atoms with Crippen LogP contribution in [0.15, 0.2) is 29.4 Å². The van der Waals surface area contributed by atoms with Gasteiger partial charge in [0.05, 0.1) is 5.92 Å². The summed E-state index contributed by atoms with van der Waals surface area (Å²) in [5, 5.41) is 4.79. The van der Waals surface area contributed by atoms with E-state index in [0.29, 0.717) is 17.3 Å². The summed E-state index contributed by atoms with van der Waals surface area (Å²) in [7, 11) is 2.08. The first-order valence-electron chi connectivity index (χ1n) is 8.87. The largest absolute Gasteiger partial charge is 0.369 e. The summed E-state index contributed by atoms with van der Waals surface area (Å²) >= 11 is 5.99. The zero-order valence-electron chi connectivity index (χ0n) is 14.7. The van der Waals surface area contributed by atoms with Gasteiger partial charge in [0.1, 0.15) is 5.71 Å². The molecule has 7 heteroatoms. The molecule has 1 aromatic carbocycles. The fourth-order valence-corrected chi connectivity index (χ4v) is 3.74. The number of carbonyl (C=O) groups excluding carboxylic acids is 1. The number of hydrogen-bond acceptors (Lipinski definition) is 4. The number of likely N-dealkylation sites (tertiary alicyclic amines) is 1. The van der Waals surface area contributed by atoms with Crippen LogP contribution in [-0.4, -0.2) is 72.4 Å². The third-order valence-electron chi connectivity index (χ3n) is 5.12. The van der Waals surface area contributed by atoms with E-state index in [0.717, 1.165) is 38.2 Å². The minimum atomic E-state index is -0.328. The van der Waals surface area contributed by atoms with Crippen molar-refractivity contribution in [2.24, 2.45) is 11.1 Å². The first-order chi connectivity index (χ1) is 12.6. The fraction of sp³-hybridized carbons (Fsp3) is 0.474. The zero-order chi connectivity index (χ0) is 18.1. The summed E-state index contributed by atoms with van der Waals surface area (Å²) in [6.45, 7) is 4.00. The van der Waals surface area contributed by atoms with E-state index < -0.39 is 0 Å². The van der Waals surface area contributed by atoms with Crippen molar-refractivity contribution < 1.29 is 9.63 Å². The Balaban J connectivity index is 1.42. The average Bonchev–Trinajstić information content (AvgIpc) is 3.22. The third kappa shape index (κ3) is 3.37. The Morgan fingerprint density at radius 1 is 1.23 bits per heavy atom. The number of rotatable bonds is 0. The smallest absolute Gasteiger partial charge is 0.323 e. The molecular formula is C19H21ClN4O2. The average molecular weight is 373 g/mol. The van der Waals surface area contributed by atoms with Crippen molar-refractivity contribution in [3.63, 3.8) is 0 Å². The van der Waals surface area contributed by atoms with E-state index in [4.69, 9.17) is 16.4 Å². The zero-order valence-corrected chi connectivity index (χ0v) is 15.4. The Labute approximate surface area is 158 Å². The molecule has 1 aromatic rings. The molecule has 2 amide bonds. The number of amides is 2. The van der Waals surface area contributed by atoms with Gasteiger partial charge in [-0.25, -0.2) is 4.79 Å². The lowest BCUT2D eigenvalue weighted by molar-refractivity contribution is -0.0160. The summed E-state index contributed by atoms with van der Waals surface area (Å²) < 4.78 is 0. The van der Waals surface area contributed by atoms with E-state index in [1.54, 1.807) is 4.90 Å². The highest BCUT2D eigenvalue weighted by Gasteiger charge is 2.46. The monoisotopic (exact) mass is 372 g/mol. The van der Waals surface area contributed by atoms with Crippen LogP contribution in [0.4, 0.5) is 4.79 Å². The maximum absolute atomic E-state index is 12.8. The van der Waals surface area contributed by atoms with Crippen molar-refractivity contribution >= 4 is 23.3 Å². The Bertz CT molecular complexity index is 792. The molecule has 3 aliphatic rings. The molecule has 0 spiro atoms. The number of halogens is 1. The highest BCUT2D eigenvalue weighted by Crippen LogP contribution is 2.32. The van der Waals surface area contributed by atoms with Gasteiger partial charge in [-0.3, -0.25) is 4.90 Å². The molecule has 0 radical (unpaired) electrons. The molecule has 2 unspecified atom stereocenters. The van der Waals surface area contributed by atoms with Gasteiger partial charge >= 0.3 is 6.03 Å². The van der Waals surface area contributed by atoms with Crippen LogP contribution in [-0.2, 0) is 4.84 Å². The molecule has 6 nitrogen and oxygen atoms in total. The summed E-state index contributed by atoms with van der Waals surface area (Å²) in [6.07, 6.45) is 0.499. The van der Waals surface area contributed by atoms with Crippen LogP contribution in [0.5, 0.6) is 0 Å². The molecule has 3 heterocycles. The second-order valence-corrected chi connectivity index (χ2v) is 7.33. The van der Waals surface area contributed by atoms with Gasteiger partial charge < -0.3 is 14.6 Å². The minimum absolute atomic E-state index is 0.0462. The van der Waals surface area contributed by atoms with Crippen molar-refractivity contribution in [2.75, 3.05) is 39.8 Å². The summed E-state index contributed by atoms with van der Waals surface area (Å²) in [5.74, 6) is 6.24. The van der Waals surface area contributed by atoms with E-state index in [2.05, 4.69) is 28.9 Å². The molecule has 0 aliphatic carbocycles.